The van der Waals surface area contributed by atoms with Gasteiger partial charge in [0.2, 0.25) is 5.91 Å². The van der Waals surface area contributed by atoms with Gasteiger partial charge in [0.25, 0.3) is 0 Å². The molecule has 3 heteroatoms. The first-order valence-electron chi connectivity index (χ1n) is 5.15. The number of amides is 1. The van der Waals surface area contributed by atoms with Gasteiger partial charge in [-0.15, -0.1) is 0 Å². The standard InChI is InChI=1S/C10H20N2O/c1-8(7-10(13)11-2)9-3-5-12-6-4-9/h8-9,12H,3-7H2,1-2H3,(H,11,13)/t8-/m0/s1. The molecule has 0 aromatic rings. The molecule has 1 fully saturated rings. The molecule has 0 aromatic carbocycles. The molecule has 76 valence electrons. The van der Waals surface area contributed by atoms with Gasteiger partial charge >= 0.3 is 0 Å². The first-order chi connectivity index (χ1) is 6.24. The van der Waals surface area contributed by atoms with Gasteiger partial charge in [-0.05, 0) is 37.8 Å². The lowest BCUT2D eigenvalue weighted by molar-refractivity contribution is -0.121. The fraction of sp³-hybridized carbons (Fsp3) is 0.900. The van der Waals surface area contributed by atoms with Crippen LogP contribution >= 0.6 is 0 Å². The Hall–Kier alpha value is -0.570. The first kappa shape index (κ1) is 10.5. The summed E-state index contributed by atoms with van der Waals surface area (Å²) in [5.74, 6) is 1.44. The summed E-state index contributed by atoms with van der Waals surface area (Å²) in [7, 11) is 1.71. The molecule has 1 aliphatic heterocycles. The van der Waals surface area contributed by atoms with Crippen LogP contribution < -0.4 is 10.6 Å². The summed E-state index contributed by atoms with van der Waals surface area (Å²) in [5.41, 5.74) is 0. The zero-order chi connectivity index (χ0) is 9.68. The molecule has 1 rings (SSSR count). The second-order valence-electron chi connectivity index (χ2n) is 3.94. The highest BCUT2D eigenvalue weighted by Crippen LogP contribution is 2.23. The molecule has 0 spiro atoms. The van der Waals surface area contributed by atoms with E-state index in [0.29, 0.717) is 12.3 Å². The Balaban J connectivity index is 2.28. The minimum absolute atomic E-state index is 0.172. The maximum absolute atomic E-state index is 11.1. The largest absolute Gasteiger partial charge is 0.359 e. The van der Waals surface area contributed by atoms with Crippen molar-refractivity contribution in [3.05, 3.63) is 0 Å². The molecular weight excluding hydrogens is 164 g/mol. The molecule has 1 amide bonds. The maximum atomic E-state index is 11.1. The number of carbonyl (C=O) groups excluding carboxylic acids is 1. The average Bonchev–Trinajstić information content (AvgIpc) is 2.19. The Kier molecular flexibility index (Phi) is 4.22. The van der Waals surface area contributed by atoms with Crippen molar-refractivity contribution in [2.24, 2.45) is 11.8 Å². The van der Waals surface area contributed by atoms with E-state index in [9.17, 15) is 4.79 Å². The van der Waals surface area contributed by atoms with Crippen molar-refractivity contribution >= 4 is 5.91 Å². The number of carbonyl (C=O) groups is 1. The van der Waals surface area contributed by atoms with E-state index >= 15 is 0 Å². The minimum Gasteiger partial charge on any atom is -0.359 e. The average molecular weight is 184 g/mol. The summed E-state index contributed by atoms with van der Waals surface area (Å²) >= 11 is 0. The van der Waals surface area contributed by atoms with Gasteiger partial charge in [-0.2, -0.15) is 0 Å². The van der Waals surface area contributed by atoms with Gasteiger partial charge in [0.05, 0.1) is 0 Å². The highest BCUT2D eigenvalue weighted by Gasteiger charge is 2.21. The van der Waals surface area contributed by atoms with E-state index in [0.717, 1.165) is 19.0 Å². The first-order valence-corrected chi connectivity index (χ1v) is 5.15. The van der Waals surface area contributed by atoms with Gasteiger partial charge in [-0.1, -0.05) is 6.92 Å². The van der Waals surface area contributed by atoms with E-state index in [1.54, 1.807) is 7.05 Å². The zero-order valence-electron chi connectivity index (χ0n) is 8.60. The smallest absolute Gasteiger partial charge is 0.220 e. The molecule has 3 nitrogen and oxygen atoms in total. The molecule has 1 saturated heterocycles. The topological polar surface area (TPSA) is 41.1 Å². The van der Waals surface area contributed by atoms with Gasteiger partial charge in [0, 0.05) is 13.5 Å². The van der Waals surface area contributed by atoms with Crippen molar-refractivity contribution in [2.45, 2.75) is 26.2 Å². The number of piperidine rings is 1. The third-order valence-electron chi connectivity index (χ3n) is 2.97. The Bertz CT molecular complexity index is 164. The van der Waals surface area contributed by atoms with Crippen LogP contribution in [-0.2, 0) is 4.79 Å². The summed E-state index contributed by atoms with van der Waals surface area (Å²) in [6.07, 6.45) is 3.12. The van der Waals surface area contributed by atoms with Crippen LogP contribution in [0, 0.1) is 11.8 Å². The Morgan fingerprint density at radius 2 is 2.15 bits per heavy atom. The lowest BCUT2D eigenvalue weighted by Gasteiger charge is -2.27. The number of hydrogen-bond donors (Lipinski definition) is 2. The lowest BCUT2D eigenvalue weighted by Crippen LogP contribution is -2.32. The van der Waals surface area contributed by atoms with Crippen LogP contribution in [-0.4, -0.2) is 26.0 Å². The predicted molar refractivity (Wildman–Crippen MR) is 53.4 cm³/mol. The molecule has 0 saturated carbocycles. The van der Waals surface area contributed by atoms with Crippen LogP contribution in [0.15, 0.2) is 0 Å². The van der Waals surface area contributed by atoms with Crippen molar-refractivity contribution in [1.29, 1.82) is 0 Å². The van der Waals surface area contributed by atoms with Crippen molar-refractivity contribution in [1.82, 2.24) is 10.6 Å². The van der Waals surface area contributed by atoms with Crippen molar-refractivity contribution in [2.75, 3.05) is 20.1 Å². The lowest BCUT2D eigenvalue weighted by atomic mass is 9.84. The minimum atomic E-state index is 0.172. The molecular formula is C10H20N2O. The van der Waals surface area contributed by atoms with E-state index in [4.69, 9.17) is 0 Å². The maximum Gasteiger partial charge on any atom is 0.220 e. The normalized spacial score (nSPS) is 21.1. The highest BCUT2D eigenvalue weighted by atomic mass is 16.1. The third-order valence-corrected chi connectivity index (χ3v) is 2.97. The summed E-state index contributed by atoms with van der Waals surface area (Å²) in [6.45, 7) is 4.41. The van der Waals surface area contributed by atoms with Crippen molar-refractivity contribution in [3.8, 4) is 0 Å². The van der Waals surface area contributed by atoms with Crippen LogP contribution in [0.2, 0.25) is 0 Å². The van der Waals surface area contributed by atoms with E-state index in [1.165, 1.54) is 12.8 Å². The van der Waals surface area contributed by atoms with Gasteiger partial charge in [-0.25, -0.2) is 0 Å². The highest BCUT2D eigenvalue weighted by molar-refractivity contribution is 5.75. The van der Waals surface area contributed by atoms with Crippen LogP contribution in [0.1, 0.15) is 26.2 Å². The molecule has 2 N–H and O–H groups in total. The molecule has 0 radical (unpaired) electrons. The Labute approximate surface area is 80.3 Å². The van der Waals surface area contributed by atoms with Gasteiger partial charge in [0.15, 0.2) is 0 Å². The van der Waals surface area contributed by atoms with Gasteiger partial charge in [0.1, 0.15) is 0 Å². The fourth-order valence-electron chi connectivity index (χ4n) is 1.97. The third kappa shape index (κ3) is 3.35. The summed E-state index contributed by atoms with van der Waals surface area (Å²) in [6, 6.07) is 0. The van der Waals surface area contributed by atoms with Gasteiger partial charge < -0.3 is 10.6 Å². The summed E-state index contributed by atoms with van der Waals surface area (Å²) in [4.78, 5) is 11.1. The van der Waals surface area contributed by atoms with Gasteiger partial charge in [-0.3, -0.25) is 4.79 Å². The SMILES string of the molecule is CNC(=O)C[C@H](C)C1CCNCC1. The van der Waals surface area contributed by atoms with E-state index in [1.807, 2.05) is 0 Å². The van der Waals surface area contributed by atoms with Crippen LogP contribution in [0.3, 0.4) is 0 Å². The van der Waals surface area contributed by atoms with Crippen molar-refractivity contribution in [3.63, 3.8) is 0 Å². The van der Waals surface area contributed by atoms with Crippen LogP contribution in [0.25, 0.3) is 0 Å². The number of rotatable bonds is 3. The quantitative estimate of drug-likeness (QED) is 0.680. The van der Waals surface area contributed by atoms with E-state index < -0.39 is 0 Å². The molecule has 0 unspecified atom stereocenters. The molecule has 0 aliphatic carbocycles. The van der Waals surface area contributed by atoms with Crippen LogP contribution in [0.4, 0.5) is 0 Å². The second-order valence-corrected chi connectivity index (χ2v) is 3.94. The predicted octanol–water partition coefficient (Wildman–Crippen LogP) is 0.758. The summed E-state index contributed by atoms with van der Waals surface area (Å²) < 4.78 is 0. The van der Waals surface area contributed by atoms with E-state index in [-0.39, 0.29) is 5.91 Å². The molecule has 13 heavy (non-hydrogen) atoms. The Morgan fingerprint density at radius 3 is 2.69 bits per heavy atom. The van der Waals surface area contributed by atoms with E-state index in [2.05, 4.69) is 17.6 Å². The van der Waals surface area contributed by atoms with Crippen molar-refractivity contribution < 1.29 is 4.79 Å². The van der Waals surface area contributed by atoms with Crippen LogP contribution in [0.5, 0.6) is 0 Å². The molecule has 1 heterocycles. The summed E-state index contributed by atoms with van der Waals surface area (Å²) in [5, 5.41) is 6.02. The number of nitrogens with one attached hydrogen (secondary N) is 2. The monoisotopic (exact) mass is 184 g/mol. The fourth-order valence-corrected chi connectivity index (χ4v) is 1.97. The molecule has 1 atom stereocenters. The number of hydrogen-bond acceptors (Lipinski definition) is 2. The zero-order valence-corrected chi connectivity index (χ0v) is 8.60. The molecule has 1 aliphatic rings. The molecule has 0 bridgehead atoms. The molecule has 0 aromatic heterocycles. The second kappa shape index (κ2) is 5.22. The Morgan fingerprint density at radius 1 is 1.54 bits per heavy atom.